The van der Waals surface area contributed by atoms with Crippen LogP contribution in [0.5, 0.6) is 0 Å². The Kier molecular flexibility index (Phi) is 3.45. The van der Waals surface area contributed by atoms with Crippen molar-refractivity contribution in [3.05, 3.63) is 33.3 Å². The molecule has 2 heterocycles. The number of hydrogen-bond acceptors (Lipinski definition) is 4. The first-order valence-electron chi connectivity index (χ1n) is 5.27. The Labute approximate surface area is 119 Å². The molecule has 0 bridgehead atoms. The van der Waals surface area contributed by atoms with Gasteiger partial charge in [-0.25, -0.2) is 14.6 Å². The summed E-state index contributed by atoms with van der Waals surface area (Å²) >= 11 is 8.42. The molecule has 2 aromatic heterocycles. The minimum Gasteiger partial charge on any atom is -0.388 e. The summed E-state index contributed by atoms with van der Waals surface area (Å²) in [4.78, 5) is 8.93. The average Bonchev–Trinajstić information content (AvgIpc) is 2.56. The zero-order valence-corrected chi connectivity index (χ0v) is 12.6. The molecule has 2 rings (SSSR count). The lowest BCUT2D eigenvalue weighted by Gasteiger charge is -2.06. The maximum absolute atomic E-state index is 5.61. The summed E-state index contributed by atoms with van der Waals surface area (Å²) in [7, 11) is 0. The van der Waals surface area contributed by atoms with E-state index in [1.807, 2.05) is 20.8 Å². The third-order valence-corrected chi connectivity index (χ3v) is 3.84. The average molecular weight is 326 g/mol. The molecule has 0 atom stereocenters. The Hall–Kier alpha value is -1.34. The van der Waals surface area contributed by atoms with Crippen LogP contribution in [0.2, 0.25) is 0 Å². The Balaban J connectivity index is 2.63. The van der Waals surface area contributed by atoms with E-state index in [0.717, 1.165) is 21.6 Å². The van der Waals surface area contributed by atoms with E-state index in [2.05, 4.69) is 31.0 Å². The van der Waals surface area contributed by atoms with Gasteiger partial charge in [0.15, 0.2) is 0 Å². The molecule has 2 N–H and O–H groups in total. The molecular weight excluding hydrogens is 314 g/mol. The molecular formula is C11H12BrN5S. The van der Waals surface area contributed by atoms with Crippen molar-refractivity contribution >= 4 is 33.1 Å². The number of halogens is 1. The largest absolute Gasteiger partial charge is 0.388 e. The predicted octanol–water partition coefficient (Wildman–Crippen LogP) is 1.98. The lowest BCUT2D eigenvalue weighted by Crippen LogP contribution is -2.15. The summed E-state index contributed by atoms with van der Waals surface area (Å²) in [6, 6.07) is 1.76. The standard InChI is InChI=1S/C11H12BrN5S/c1-5-4-8(10(13)18)15-11(14-5)17-7(3)9(12)6(2)16-17/h4H,1-3H3,(H2,13,18). The second-order valence-electron chi connectivity index (χ2n) is 3.96. The summed E-state index contributed by atoms with van der Waals surface area (Å²) in [5, 5.41) is 4.38. The normalized spacial score (nSPS) is 10.7. The molecule has 0 aliphatic carbocycles. The van der Waals surface area contributed by atoms with Crippen molar-refractivity contribution in [1.82, 2.24) is 19.7 Å². The van der Waals surface area contributed by atoms with Crippen LogP contribution >= 0.6 is 28.1 Å². The van der Waals surface area contributed by atoms with Crippen LogP contribution in [0.25, 0.3) is 5.95 Å². The molecule has 0 aromatic carbocycles. The Bertz CT molecular complexity index is 635. The van der Waals surface area contributed by atoms with Crippen molar-refractivity contribution in [1.29, 1.82) is 0 Å². The molecule has 0 fully saturated rings. The number of nitrogens with two attached hydrogens (primary N) is 1. The van der Waals surface area contributed by atoms with Gasteiger partial charge in [0.05, 0.1) is 15.9 Å². The molecule has 0 saturated carbocycles. The minimum atomic E-state index is 0.252. The second kappa shape index (κ2) is 4.74. The SMILES string of the molecule is Cc1cc(C(N)=S)nc(-n2nc(C)c(Br)c2C)n1. The second-order valence-corrected chi connectivity index (χ2v) is 5.19. The lowest BCUT2D eigenvalue weighted by molar-refractivity contribution is 0.767. The molecule has 0 radical (unpaired) electrons. The van der Waals surface area contributed by atoms with Crippen molar-refractivity contribution in [2.45, 2.75) is 20.8 Å². The van der Waals surface area contributed by atoms with Gasteiger partial charge in [0.2, 0.25) is 0 Å². The highest BCUT2D eigenvalue weighted by molar-refractivity contribution is 9.10. The van der Waals surface area contributed by atoms with Crippen molar-refractivity contribution < 1.29 is 0 Å². The number of rotatable bonds is 2. The zero-order chi connectivity index (χ0) is 13.4. The highest BCUT2D eigenvalue weighted by atomic mass is 79.9. The number of nitrogens with zero attached hydrogens (tertiary/aromatic N) is 4. The maximum Gasteiger partial charge on any atom is 0.251 e. The summed E-state index contributed by atoms with van der Waals surface area (Å²) in [5.74, 6) is 0.476. The first-order valence-corrected chi connectivity index (χ1v) is 6.48. The topological polar surface area (TPSA) is 69.6 Å². The van der Waals surface area contributed by atoms with E-state index in [1.165, 1.54) is 0 Å². The molecule has 0 aliphatic rings. The molecule has 0 saturated heterocycles. The summed E-state index contributed by atoms with van der Waals surface area (Å²) < 4.78 is 2.62. The monoisotopic (exact) mass is 325 g/mol. The first-order chi connectivity index (χ1) is 8.40. The van der Waals surface area contributed by atoms with Gasteiger partial charge in [-0.2, -0.15) is 5.10 Å². The van der Waals surface area contributed by atoms with Crippen LogP contribution in [-0.2, 0) is 0 Å². The van der Waals surface area contributed by atoms with Crippen LogP contribution in [0.3, 0.4) is 0 Å². The molecule has 94 valence electrons. The van der Waals surface area contributed by atoms with Crippen LogP contribution in [0.15, 0.2) is 10.5 Å². The molecule has 2 aromatic rings. The van der Waals surface area contributed by atoms with Crippen LogP contribution < -0.4 is 5.73 Å². The van der Waals surface area contributed by atoms with Crippen molar-refractivity contribution in [2.75, 3.05) is 0 Å². The van der Waals surface area contributed by atoms with E-state index in [9.17, 15) is 0 Å². The molecule has 0 amide bonds. The molecule has 0 unspecified atom stereocenters. The van der Waals surface area contributed by atoms with E-state index in [-0.39, 0.29) is 4.99 Å². The van der Waals surface area contributed by atoms with E-state index < -0.39 is 0 Å². The third kappa shape index (κ3) is 2.28. The Morgan fingerprint density at radius 2 is 2.00 bits per heavy atom. The van der Waals surface area contributed by atoms with Crippen molar-refractivity contribution in [3.8, 4) is 5.95 Å². The molecule has 18 heavy (non-hydrogen) atoms. The predicted molar refractivity (Wildman–Crippen MR) is 77.0 cm³/mol. The minimum absolute atomic E-state index is 0.252. The lowest BCUT2D eigenvalue weighted by atomic mass is 10.3. The van der Waals surface area contributed by atoms with Crippen LogP contribution in [0.4, 0.5) is 0 Å². The number of hydrogen-bond donors (Lipinski definition) is 1. The zero-order valence-electron chi connectivity index (χ0n) is 10.2. The van der Waals surface area contributed by atoms with E-state index in [0.29, 0.717) is 11.6 Å². The number of aromatic nitrogens is 4. The van der Waals surface area contributed by atoms with E-state index in [1.54, 1.807) is 10.7 Å². The fourth-order valence-corrected chi connectivity index (χ4v) is 1.94. The Morgan fingerprint density at radius 3 is 2.50 bits per heavy atom. The van der Waals surface area contributed by atoms with Gasteiger partial charge >= 0.3 is 0 Å². The van der Waals surface area contributed by atoms with Gasteiger partial charge in [0, 0.05) is 5.69 Å². The summed E-state index contributed by atoms with van der Waals surface area (Å²) in [6.07, 6.45) is 0. The molecule has 7 heteroatoms. The fraction of sp³-hybridized carbons (Fsp3) is 0.273. The highest BCUT2D eigenvalue weighted by Crippen LogP contribution is 2.21. The van der Waals surface area contributed by atoms with Crippen molar-refractivity contribution in [3.63, 3.8) is 0 Å². The van der Waals surface area contributed by atoms with Gasteiger partial charge in [0.1, 0.15) is 10.7 Å². The highest BCUT2D eigenvalue weighted by Gasteiger charge is 2.13. The van der Waals surface area contributed by atoms with E-state index in [4.69, 9.17) is 18.0 Å². The first kappa shape index (κ1) is 13.1. The maximum atomic E-state index is 5.61. The van der Waals surface area contributed by atoms with Crippen LogP contribution in [0.1, 0.15) is 22.8 Å². The smallest absolute Gasteiger partial charge is 0.251 e. The fourth-order valence-electron chi connectivity index (χ4n) is 1.59. The third-order valence-electron chi connectivity index (χ3n) is 2.49. The van der Waals surface area contributed by atoms with Gasteiger partial charge in [-0.15, -0.1) is 0 Å². The summed E-state index contributed by atoms with van der Waals surface area (Å²) in [5.41, 5.74) is 8.78. The summed E-state index contributed by atoms with van der Waals surface area (Å²) in [6.45, 7) is 5.72. The quantitative estimate of drug-likeness (QED) is 0.855. The molecule has 0 aliphatic heterocycles. The van der Waals surface area contributed by atoms with Gasteiger partial charge in [0.25, 0.3) is 5.95 Å². The van der Waals surface area contributed by atoms with E-state index >= 15 is 0 Å². The van der Waals surface area contributed by atoms with Gasteiger partial charge in [-0.05, 0) is 42.8 Å². The molecule has 5 nitrogen and oxygen atoms in total. The van der Waals surface area contributed by atoms with Gasteiger partial charge < -0.3 is 5.73 Å². The van der Waals surface area contributed by atoms with Gasteiger partial charge in [-0.1, -0.05) is 12.2 Å². The van der Waals surface area contributed by atoms with Gasteiger partial charge in [-0.3, -0.25) is 0 Å². The van der Waals surface area contributed by atoms with Crippen LogP contribution in [0, 0.1) is 20.8 Å². The number of thiocarbonyl (C=S) groups is 1. The van der Waals surface area contributed by atoms with Crippen LogP contribution in [-0.4, -0.2) is 24.7 Å². The Morgan fingerprint density at radius 1 is 1.33 bits per heavy atom. The number of aryl methyl sites for hydroxylation is 2. The van der Waals surface area contributed by atoms with Crippen molar-refractivity contribution in [2.24, 2.45) is 5.73 Å². The molecule has 0 spiro atoms.